The molecule has 0 spiro atoms. The van der Waals surface area contributed by atoms with E-state index in [0.29, 0.717) is 6.54 Å². The molecule has 0 bridgehead atoms. The molecule has 0 aliphatic rings. The first-order valence-corrected chi connectivity index (χ1v) is 6.88. The van der Waals surface area contributed by atoms with Crippen LogP contribution in [0.15, 0.2) is 17.3 Å². The third kappa shape index (κ3) is 3.88. The van der Waals surface area contributed by atoms with Crippen molar-refractivity contribution >= 4 is 21.6 Å². The minimum Gasteiger partial charge on any atom is -0.320 e. The van der Waals surface area contributed by atoms with E-state index in [1.807, 2.05) is 7.05 Å². The van der Waals surface area contributed by atoms with Crippen LogP contribution in [0.2, 0.25) is 5.28 Å². The molecule has 0 radical (unpaired) electrons. The standard InChI is InChI=1S/C9H15ClN4O2S/c1-11-4-3-5-14(2)17(15,16)8-6-12-9(10)13-7-8/h6-7,11H,3-5H2,1-2H3. The predicted molar refractivity (Wildman–Crippen MR) is 65.4 cm³/mol. The predicted octanol–water partition coefficient (Wildman–Crippen LogP) is 0.360. The highest BCUT2D eigenvalue weighted by atomic mass is 35.5. The fraction of sp³-hybridized carbons (Fsp3) is 0.556. The van der Waals surface area contributed by atoms with Crippen molar-refractivity contribution in [2.75, 3.05) is 27.2 Å². The first-order chi connectivity index (χ1) is 7.98. The minimum absolute atomic E-state index is 0.0294. The molecule has 1 aromatic heterocycles. The van der Waals surface area contributed by atoms with Gasteiger partial charge >= 0.3 is 0 Å². The van der Waals surface area contributed by atoms with E-state index in [1.165, 1.54) is 23.7 Å². The lowest BCUT2D eigenvalue weighted by molar-refractivity contribution is 0.457. The van der Waals surface area contributed by atoms with Crippen molar-refractivity contribution in [3.63, 3.8) is 0 Å². The smallest absolute Gasteiger partial charge is 0.245 e. The Balaban J connectivity index is 2.76. The Hall–Kier alpha value is -0.760. The minimum atomic E-state index is -3.51. The van der Waals surface area contributed by atoms with Crippen molar-refractivity contribution in [1.29, 1.82) is 0 Å². The summed E-state index contributed by atoms with van der Waals surface area (Å²) in [4.78, 5) is 7.37. The summed E-state index contributed by atoms with van der Waals surface area (Å²) in [6.07, 6.45) is 3.15. The molecule has 0 aliphatic carbocycles. The Morgan fingerprint density at radius 1 is 1.41 bits per heavy atom. The van der Waals surface area contributed by atoms with Crippen molar-refractivity contribution in [3.8, 4) is 0 Å². The third-order valence-corrected chi connectivity index (χ3v) is 4.21. The molecule has 0 aromatic carbocycles. The van der Waals surface area contributed by atoms with Gasteiger partial charge in [0.1, 0.15) is 4.90 Å². The highest BCUT2D eigenvalue weighted by molar-refractivity contribution is 7.89. The topological polar surface area (TPSA) is 75.2 Å². The lowest BCUT2D eigenvalue weighted by Crippen LogP contribution is -2.29. The zero-order valence-corrected chi connectivity index (χ0v) is 11.3. The number of hydrogen-bond acceptors (Lipinski definition) is 5. The molecule has 1 N–H and O–H groups in total. The van der Waals surface area contributed by atoms with Gasteiger partial charge in [-0.1, -0.05) is 0 Å². The first-order valence-electron chi connectivity index (χ1n) is 5.07. The van der Waals surface area contributed by atoms with E-state index < -0.39 is 10.0 Å². The molecular weight excluding hydrogens is 264 g/mol. The lowest BCUT2D eigenvalue weighted by atomic mass is 10.4. The van der Waals surface area contributed by atoms with Crippen molar-refractivity contribution < 1.29 is 8.42 Å². The molecule has 96 valence electrons. The van der Waals surface area contributed by atoms with Crippen molar-refractivity contribution in [2.45, 2.75) is 11.3 Å². The Kier molecular flexibility index (Phi) is 5.26. The van der Waals surface area contributed by atoms with E-state index in [1.54, 1.807) is 0 Å². The number of sulfonamides is 1. The maximum Gasteiger partial charge on any atom is 0.245 e. The summed E-state index contributed by atoms with van der Waals surface area (Å²) in [5.41, 5.74) is 0. The van der Waals surface area contributed by atoms with E-state index in [9.17, 15) is 8.42 Å². The number of aromatic nitrogens is 2. The van der Waals surface area contributed by atoms with Crippen molar-refractivity contribution in [3.05, 3.63) is 17.7 Å². The van der Waals surface area contributed by atoms with Gasteiger partial charge in [-0.25, -0.2) is 22.7 Å². The average molecular weight is 279 g/mol. The van der Waals surface area contributed by atoms with Gasteiger partial charge in [0.05, 0.1) is 12.4 Å². The molecule has 0 aliphatic heterocycles. The quantitative estimate of drug-likeness (QED) is 0.601. The van der Waals surface area contributed by atoms with E-state index in [-0.39, 0.29) is 10.2 Å². The Morgan fingerprint density at radius 3 is 2.53 bits per heavy atom. The van der Waals surface area contributed by atoms with Crippen molar-refractivity contribution in [2.24, 2.45) is 0 Å². The summed E-state index contributed by atoms with van der Waals surface area (Å²) in [5, 5.41) is 2.99. The lowest BCUT2D eigenvalue weighted by Gasteiger charge is -2.16. The van der Waals surface area contributed by atoms with Gasteiger partial charge in [0.25, 0.3) is 0 Å². The maximum absolute atomic E-state index is 12.0. The van der Waals surface area contributed by atoms with Crippen LogP contribution in [-0.4, -0.2) is 49.9 Å². The molecule has 8 heteroatoms. The molecule has 0 saturated heterocycles. The van der Waals surface area contributed by atoms with Crippen LogP contribution < -0.4 is 5.32 Å². The zero-order chi connectivity index (χ0) is 12.9. The summed E-state index contributed by atoms with van der Waals surface area (Å²) in [5.74, 6) is 0. The van der Waals surface area contributed by atoms with Gasteiger partial charge < -0.3 is 5.32 Å². The highest BCUT2D eigenvalue weighted by Gasteiger charge is 2.20. The van der Waals surface area contributed by atoms with Crippen LogP contribution in [0.4, 0.5) is 0 Å². The molecule has 0 atom stereocenters. The van der Waals surface area contributed by atoms with Gasteiger partial charge in [0, 0.05) is 13.6 Å². The van der Waals surface area contributed by atoms with E-state index >= 15 is 0 Å². The molecule has 17 heavy (non-hydrogen) atoms. The van der Waals surface area contributed by atoms with Crippen LogP contribution in [-0.2, 0) is 10.0 Å². The molecule has 1 rings (SSSR count). The van der Waals surface area contributed by atoms with Gasteiger partial charge in [0.15, 0.2) is 0 Å². The Labute approximate surface area is 106 Å². The van der Waals surface area contributed by atoms with Crippen LogP contribution >= 0.6 is 11.6 Å². The average Bonchev–Trinajstić information content (AvgIpc) is 2.29. The summed E-state index contributed by atoms with van der Waals surface area (Å²) in [7, 11) is -0.166. The number of halogens is 1. The number of nitrogens with one attached hydrogen (secondary N) is 1. The maximum atomic E-state index is 12.0. The van der Waals surface area contributed by atoms with E-state index in [2.05, 4.69) is 15.3 Å². The molecule has 0 saturated carbocycles. The van der Waals surface area contributed by atoms with Crippen molar-refractivity contribution in [1.82, 2.24) is 19.6 Å². The fourth-order valence-corrected chi connectivity index (χ4v) is 2.41. The fourth-order valence-electron chi connectivity index (χ4n) is 1.21. The van der Waals surface area contributed by atoms with Crippen LogP contribution in [0, 0.1) is 0 Å². The van der Waals surface area contributed by atoms with Gasteiger partial charge in [-0.3, -0.25) is 0 Å². The molecule has 1 aromatic rings. The highest BCUT2D eigenvalue weighted by Crippen LogP contribution is 2.13. The number of hydrogen-bond donors (Lipinski definition) is 1. The summed E-state index contributed by atoms with van der Waals surface area (Å²) in [6, 6.07) is 0. The van der Waals surface area contributed by atoms with Gasteiger partial charge in [-0.2, -0.15) is 0 Å². The summed E-state index contributed by atoms with van der Waals surface area (Å²) in [6.45, 7) is 1.20. The molecule has 0 amide bonds. The number of rotatable bonds is 6. The Bertz CT molecular complexity index is 449. The largest absolute Gasteiger partial charge is 0.320 e. The van der Waals surface area contributed by atoms with Crippen LogP contribution in [0.1, 0.15) is 6.42 Å². The van der Waals surface area contributed by atoms with Crippen LogP contribution in [0.5, 0.6) is 0 Å². The van der Waals surface area contributed by atoms with Gasteiger partial charge in [-0.05, 0) is 31.6 Å². The molecule has 6 nitrogen and oxygen atoms in total. The van der Waals surface area contributed by atoms with Crippen LogP contribution in [0.3, 0.4) is 0 Å². The number of nitrogens with zero attached hydrogens (tertiary/aromatic N) is 3. The second-order valence-electron chi connectivity index (χ2n) is 3.47. The van der Waals surface area contributed by atoms with E-state index in [0.717, 1.165) is 13.0 Å². The first kappa shape index (κ1) is 14.3. The van der Waals surface area contributed by atoms with E-state index in [4.69, 9.17) is 11.6 Å². The molecule has 1 heterocycles. The van der Waals surface area contributed by atoms with Gasteiger partial charge in [-0.15, -0.1) is 0 Å². The molecule has 0 unspecified atom stereocenters. The Morgan fingerprint density at radius 2 is 2.00 bits per heavy atom. The molecular formula is C9H15ClN4O2S. The summed E-state index contributed by atoms with van der Waals surface area (Å²) >= 11 is 5.50. The monoisotopic (exact) mass is 278 g/mol. The third-order valence-electron chi connectivity index (χ3n) is 2.20. The molecule has 0 fully saturated rings. The second-order valence-corrected chi connectivity index (χ2v) is 5.85. The SMILES string of the molecule is CNCCCN(C)S(=O)(=O)c1cnc(Cl)nc1. The second kappa shape index (κ2) is 6.25. The van der Waals surface area contributed by atoms with Gasteiger partial charge in [0.2, 0.25) is 15.3 Å². The van der Waals surface area contributed by atoms with Crippen LogP contribution in [0.25, 0.3) is 0 Å². The zero-order valence-electron chi connectivity index (χ0n) is 9.72. The summed E-state index contributed by atoms with van der Waals surface area (Å²) < 4.78 is 25.3. The normalized spacial score (nSPS) is 12.0.